The molecule has 0 spiro atoms. The number of aromatic nitrogens is 1. The van der Waals surface area contributed by atoms with Crippen molar-refractivity contribution in [3.8, 4) is 11.5 Å². The molecule has 0 bridgehead atoms. The number of carbonyl (C=O) groups excluding carboxylic acids is 1. The maximum Gasteiger partial charge on any atom is 0.261 e. The Morgan fingerprint density at radius 3 is 2.56 bits per heavy atom. The number of amides is 1. The van der Waals surface area contributed by atoms with Gasteiger partial charge in [-0.2, -0.15) is 0 Å². The number of hydrogen-bond donors (Lipinski definition) is 1. The number of ether oxygens (including phenoxy) is 2. The fraction of sp³-hybridized carbons (Fsp3) is 0.143. The minimum atomic E-state index is -0.412. The van der Waals surface area contributed by atoms with Crippen LogP contribution in [0, 0.1) is 0 Å². The van der Waals surface area contributed by atoms with Crippen LogP contribution in [0.25, 0.3) is 0 Å². The molecule has 3 aromatic rings. The first kappa shape index (κ1) is 16.9. The van der Waals surface area contributed by atoms with Gasteiger partial charge in [-0.1, -0.05) is 24.3 Å². The molecule has 0 fully saturated rings. The zero-order chi connectivity index (χ0) is 18.8. The smallest absolute Gasteiger partial charge is 0.261 e. The van der Waals surface area contributed by atoms with Gasteiger partial charge in [-0.05, 0) is 30.3 Å². The molecule has 4 rings (SSSR count). The third-order valence-electron chi connectivity index (χ3n) is 4.56. The number of carbonyl (C=O) groups is 1. The second-order valence-corrected chi connectivity index (χ2v) is 6.06. The summed E-state index contributed by atoms with van der Waals surface area (Å²) in [5, 5.41) is 3.43. The van der Waals surface area contributed by atoms with Gasteiger partial charge in [0.15, 0.2) is 0 Å². The molecule has 1 amide bonds. The van der Waals surface area contributed by atoms with Crippen LogP contribution in [-0.2, 0) is 0 Å². The van der Waals surface area contributed by atoms with Gasteiger partial charge in [-0.25, -0.2) is 4.98 Å². The Kier molecular flexibility index (Phi) is 4.38. The highest BCUT2D eigenvalue weighted by Gasteiger charge is 2.38. The molecule has 2 aromatic carbocycles. The van der Waals surface area contributed by atoms with Gasteiger partial charge in [0.1, 0.15) is 23.5 Å². The largest absolute Gasteiger partial charge is 0.497 e. The quantitative estimate of drug-likeness (QED) is 0.747. The van der Waals surface area contributed by atoms with Gasteiger partial charge in [0.2, 0.25) is 0 Å². The van der Waals surface area contributed by atoms with Crippen LogP contribution in [0.4, 0.5) is 11.5 Å². The van der Waals surface area contributed by atoms with Crippen molar-refractivity contribution < 1.29 is 14.3 Å². The summed E-state index contributed by atoms with van der Waals surface area (Å²) in [6, 6.07) is 18.6. The van der Waals surface area contributed by atoms with Crippen LogP contribution in [0.1, 0.15) is 22.1 Å². The van der Waals surface area contributed by atoms with Crippen molar-refractivity contribution in [3.63, 3.8) is 0 Å². The maximum atomic E-state index is 13.1. The Balaban J connectivity index is 1.80. The lowest BCUT2D eigenvalue weighted by Gasteiger charge is -2.27. The summed E-state index contributed by atoms with van der Waals surface area (Å²) in [7, 11) is 3.22. The third kappa shape index (κ3) is 2.95. The zero-order valence-corrected chi connectivity index (χ0v) is 15.0. The summed E-state index contributed by atoms with van der Waals surface area (Å²) >= 11 is 0. The fourth-order valence-electron chi connectivity index (χ4n) is 3.27. The van der Waals surface area contributed by atoms with E-state index in [0.29, 0.717) is 22.9 Å². The molecule has 0 radical (unpaired) electrons. The van der Waals surface area contributed by atoms with Crippen LogP contribution in [0.3, 0.4) is 0 Å². The predicted octanol–water partition coefficient (Wildman–Crippen LogP) is 3.87. The molecule has 1 N–H and O–H groups in total. The number of hydrogen-bond acceptors (Lipinski definition) is 5. The highest BCUT2D eigenvalue weighted by molar-refractivity contribution is 6.11. The van der Waals surface area contributed by atoms with Gasteiger partial charge < -0.3 is 14.8 Å². The van der Waals surface area contributed by atoms with Crippen molar-refractivity contribution >= 4 is 17.4 Å². The zero-order valence-electron chi connectivity index (χ0n) is 15.0. The molecule has 27 heavy (non-hydrogen) atoms. The minimum absolute atomic E-state index is 0.0938. The lowest BCUT2D eigenvalue weighted by Crippen LogP contribution is -2.33. The van der Waals surface area contributed by atoms with Crippen LogP contribution >= 0.6 is 0 Å². The molecule has 0 aliphatic carbocycles. The summed E-state index contributed by atoms with van der Waals surface area (Å²) in [4.78, 5) is 19.1. The summed E-state index contributed by atoms with van der Waals surface area (Å²) < 4.78 is 10.8. The number of nitrogens with zero attached hydrogens (tertiary/aromatic N) is 2. The third-order valence-corrected chi connectivity index (χ3v) is 4.56. The van der Waals surface area contributed by atoms with Gasteiger partial charge in [-0.3, -0.25) is 9.69 Å². The first-order valence-corrected chi connectivity index (χ1v) is 8.55. The van der Waals surface area contributed by atoms with Gasteiger partial charge in [0, 0.05) is 23.4 Å². The fourth-order valence-corrected chi connectivity index (χ4v) is 3.27. The molecular formula is C21H19N3O3. The Morgan fingerprint density at radius 1 is 1.00 bits per heavy atom. The van der Waals surface area contributed by atoms with Crippen molar-refractivity contribution in [3.05, 3.63) is 78.0 Å². The molecule has 0 unspecified atom stereocenters. The van der Waals surface area contributed by atoms with Crippen LogP contribution in [0.5, 0.6) is 11.5 Å². The summed E-state index contributed by atoms with van der Waals surface area (Å²) in [5.41, 5.74) is 2.27. The van der Waals surface area contributed by atoms with E-state index in [1.165, 1.54) is 0 Å². The molecule has 1 aliphatic heterocycles. The molecule has 2 heterocycles. The molecule has 1 atom stereocenters. The summed E-state index contributed by atoms with van der Waals surface area (Å²) in [5.74, 6) is 1.84. The SMILES string of the molecule is COc1ccc(OC)c(N[C@H]2c3ccccc3C(=O)N2c2ccccn2)c1. The average Bonchev–Trinajstić information content (AvgIpc) is 3.00. The Hall–Kier alpha value is -3.54. The van der Waals surface area contributed by atoms with Crippen LogP contribution < -0.4 is 19.7 Å². The van der Waals surface area contributed by atoms with E-state index in [0.717, 1.165) is 11.3 Å². The lowest BCUT2D eigenvalue weighted by molar-refractivity contribution is 0.0992. The Labute approximate surface area is 157 Å². The van der Waals surface area contributed by atoms with Crippen LogP contribution in [-0.4, -0.2) is 25.1 Å². The van der Waals surface area contributed by atoms with Crippen molar-refractivity contribution in [1.82, 2.24) is 4.98 Å². The van der Waals surface area contributed by atoms with Crippen LogP contribution in [0.2, 0.25) is 0 Å². The van der Waals surface area contributed by atoms with E-state index in [9.17, 15) is 4.79 Å². The van der Waals surface area contributed by atoms with E-state index in [2.05, 4.69) is 10.3 Å². The number of rotatable bonds is 5. The normalized spacial score (nSPS) is 15.4. The molecule has 1 aromatic heterocycles. The molecular weight excluding hydrogens is 342 g/mol. The van der Waals surface area contributed by atoms with Gasteiger partial charge in [0.05, 0.1) is 19.9 Å². The van der Waals surface area contributed by atoms with Gasteiger partial charge in [0.25, 0.3) is 5.91 Å². The summed E-state index contributed by atoms with van der Waals surface area (Å²) in [6.45, 7) is 0. The summed E-state index contributed by atoms with van der Waals surface area (Å²) in [6.07, 6.45) is 1.26. The van der Waals surface area contributed by atoms with Crippen molar-refractivity contribution in [2.75, 3.05) is 24.4 Å². The molecule has 1 aliphatic rings. The molecule has 136 valence electrons. The number of fused-ring (bicyclic) bond motifs is 1. The Bertz CT molecular complexity index is 975. The lowest BCUT2D eigenvalue weighted by atomic mass is 10.1. The number of nitrogens with one attached hydrogen (secondary N) is 1. The highest BCUT2D eigenvalue weighted by atomic mass is 16.5. The van der Waals surface area contributed by atoms with Crippen molar-refractivity contribution in [2.24, 2.45) is 0 Å². The van der Waals surface area contributed by atoms with E-state index in [-0.39, 0.29) is 5.91 Å². The number of methoxy groups -OCH3 is 2. The first-order valence-electron chi connectivity index (χ1n) is 8.55. The Morgan fingerprint density at radius 2 is 1.81 bits per heavy atom. The van der Waals surface area contributed by atoms with E-state index in [1.54, 1.807) is 25.3 Å². The molecule has 0 saturated carbocycles. The van der Waals surface area contributed by atoms with Gasteiger partial charge >= 0.3 is 0 Å². The second-order valence-electron chi connectivity index (χ2n) is 6.06. The van der Waals surface area contributed by atoms with E-state index < -0.39 is 6.17 Å². The minimum Gasteiger partial charge on any atom is -0.497 e. The second kappa shape index (κ2) is 6.99. The molecule has 6 heteroatoms. The average molecular weight is 361 g/mol. The number of pyridine rings is 1. The highest BCUT2D eigenvalue weighted by Crippen LogP contribution is 2.39. The first-order chi connectivity index (χ1) is 13.2. The van der Waals surface area contributed by atoms with E-state index >= 15 is 0 Å². The monoisotopic (exact) mass is 361 g/mol. The van der Waals surface area contributed by atoms with Crippen LogP contribution in [0.15, 0.2) is 66.9 Å². The standard InChI is InChI=1S/C21H19N3O3/c1-26-14-10-11-18(27-2)17(13-14)23-20-15-7-3-4-8-16(15)21(25)24(20)19-9-5-6-12-22-19/h3-13,20,23H,1-2H3/t20-/m1/s1. The molecule has 6 nitrogen and oxygen atoms in total. The topological polar surface area (TPSA) is 63.7 Å². The molecule has 0 saturated heterocycles. The number of anilines is 2. The van der Waals surface area contributed by atoms with E-state index in [4.69, 9.17) is 9.47 Å². The van der Waals surface area contributed by atoms with E-state index in [1.807, 2.05) is 60.7 Å². The van der Waals surface area contributed by atoms with Gasteiger partial charge in [-0.15, -0.1) is 0 Å². The van der Waals surface area contributed by atoms with Crippen molar-refractivity contribution in [1.29, 1.82) is 0 Å². The predicted molar refractivity (Wildman–Crippen MR) is 103 cm³/mol. The number of benzene rings is 2. The van der Waals surface area contributed by atoms with Crippen molar-refractivity contribution in [2.45, 2.75) is 6.17 Å². The maximum absolute atomic E-state index is 13.1.